The maximum atomic E-state index is 13.5. The smallest absolute Gasteiger partial charge is 0.227 e. The van der Waals surface area contributed by atoms with E-state index in [1.54, 1.807) is 16.8 Å². The normalized spacial score (nSPS) is 17.6. The lowest BCUT2D eigenvalue weighted by Gasteiger charge is -2.26. The van der Waals surface area contributed by atoms with Gasteiger partial charge in [-0.1, -0.05) is 25.1 Å². The van der Waals surface area contributed by atoms with E-state index in [0.717, 1.165) is 49.2 Å². The quantitative estimate of drug-likeness (QED) is 0.433. The minimum atomic E-state index is -0.323. The first-order valence-electron chi connectivity index (χ1n) is 12.1. The molecule has 0 radical (unpaired) electrons. The number of ether oxygens (including phenoxy) is 2. The molecule has 1 aliphatic carbocycles. The van der Waals surface area contributed by atoms with Gasteiger partial charge in [-0.05, 0) is 68.5 Å². The van der Waals surface area contributed by atoms with Crippen LogP contribution in [-0.2, 0) is 22.5 Å². The largest absolute Gasteiger partial charge is 0.439 e. The van der Waals surface area contributed by atoms with Crippen molar-refractivity contribution >= 4 is 5.91 Å². The van der Waals surface area contributed by atoms with Crippen LogP contribution in [0, 0.1) is 11.7 Å². The number of benzene rings is 2. The highest BCUT2D eigenvalue weighted by Crippen LogP contribution is 2.35. The Morgan fingerprint density at radius 3 is 2.56 bits per heavy atom. The van der Waals surface area contributed by atoms with E-state index in [0.29, 0.717) is 31.1 Å². The highest BCUT2D eigenvalue weighted by atomic mass is 19.1. The van der Waals surface area contributed by atoms with E-state index in [4.69, 9.17) is 14.6 Å². The second-order valence-corrected chi connectivity index (χ2v) is 9.02. The second kappa shape index (κ2) is 9.97. The molecule has 1 amide bonds. The minimum Gasteiger partial charge on any atom is -0.439 e. The number of hydrogen-bond acceptors (Lipinski definition) is 4. The van der Waals surface area contributed by atoms with Gasteiger partial charge in [-0.25, -0.2) is 9.07 Å². The third kappa shape index (κ3) is 4.99. The highest BCUT2D eigenvalue weighted by Gasteiger charge is 2.36. The van der Waals surface area contributed by atoms with Crippen molar-refractivity contribution in [1.82, 2.24) is 14.7 Å². The lowest BCUT2D eigenvalue weighted by atomic mass is 10.1. The van der Waals surface area contributed by atoms with Crippen LogP contribution in [0.5, 0.6) is 11.6 Å². The van der Waals surface area contributed by atoms with Gasteiger partial charge in [-0.3, -0.25) is 4.79 Å². The number of carbonyl (C=O) groups excluding carboxylic acids is 1. The number of halogens is 1. The zero-order chi connectivity index (χ0) is 23.5. The third-order valence-corrected chi connectivity index (χ3v) is 6.42. The van der Waals surface area contributed by atoms with Gasteiger partial charge in [0.15, 0.2) is 0 Å². The molecule has 1 aromatic heterocycles. The average molecular weight is 464 g/mol. The molecule has 0 N–H and O–H groups in total. The Balaban J connectivity index is 1.53. The van der Waals surface area contributed by atoms with Crippen molar-refractivity contribution in [2.24, 2.45) is 5.92 Å². The lowest BCUT2D eigenvalue weighted by Crippen LogP contribution is -2.38. The number of nitrogens with zero attached hydrogens (tertiary/aromatic N) is 3. The first kappa shape index (κ1) is 22.6. The van der Waals surface area contributed by atoms with Gasteiger partial charge in [0.2, 0.25) is 11.8 Å². The molecule has 178 valence electrons. The van der Waals surface area contributed by atoms with Gasteiger partial charge in [0, 0.05) is 19.1 Å². The fraction of sp³-hybridized carbons (Fsp3) is 0.407. The Morgan fingerprint density at radius 1 is 1.15 bits per heavy atom. The Morgan fingerprint density at radius 2 is 1.91 bits per heavy atom. The summed E-state index contributed by atoms with van der Waals surface area (Å²) in [5.41, 5.74) is 2.62. The molecule has 7 heteroatoms. The van der Waals surface area contributed by atoms with Crippen molar-refractivity contribution in [1.29, 1.82) is 0 Å². The van der Waals surface area contributed by atoms with Crippen molar-refractivity contribution in [3.63, 3.8) is 0 Å². The number of carbonyl (C=O) groups is 1. The second-order valence-electron chi connectivity index (χ2n) is 9.02. The van der Waals surface area contributed by atoms with Crippen molar-refractivity contribution < 1.29 is 18.7 Å². The van der Waals surface area contributed by atoms with E-state index in [1.807, 2.05) is 35.2 Å². The van der Waals surface area contributed by atoms with Gasteiger partial charge in [0.25, 0.3) is 0 Å². The molecule has 2 aliphatic rings. The van der Waals surface area contributed by atoms with Crippen LogP contribution in [0.2, 0.25) is 0 Å². The SMILES string of the molecule is CCc1nn(-c2ccccc2)c(Oc2ccc(F)cc2)c1CN(C[C@@H]1CCCO1)C(=O)C1CC1. The lowest BCUT2D eigenvalue weighted by molar-refractivity contribution is -0.134. The van der Waals surface area contributed by atoms with Crippen molar-refractivity contribution in [2.45, 2.75) is 51.7 Å². The maximum absolute atomic E-state index is 13.5. The molecule has 1 aliphatic heterocycles. The number of aryl methyl sites for hydroxylation is 1. The molecule has 2 fully saturated rings. The topological polar surface area (TPSA) is 56.6 Å². The molecule has 1 saturated carbocycles. The predicted octanol–water partition coefficient (Wildman–Crippen LogP) is 5.28. The van der Waals surface area contributed by atoms with E-state index >= 15 is 0 Å². The molecular formula is C27H30FN3O3. The van der Waals surface area contributed by atoms with E-state index in [1.165, 1.54) is 12.1 Å². The fourth-order valence-electron chi connectivity index (χ4n) is 4.43. The van der Waals surface area contributed by atoms with Crippen molar-refractivity contribution in [3.8, 4) is 17.3 Å². The molecule has 2 heterocycles. The Bertz CT molecular complexity index is 1120. The summed E-state index contributed by atoms with van der Waals surface area (Å²) in [6.07, 6.45) is 4.66. The van der Waals surface area contributed by atoms with Gasteiger partial charge >= 0.3 is 0 Å². The summed E-state index contributed by atoms with van der Waals surface area (Å²) in [6, 6.07) is 15.7. The first-order chi connectivity index (χ1) is 16.6. The Hall–Kier alpha value is -3.19. The van der Waals surface area contributed by atoms with Crippen LogP contribution < -0.4 is 4.74 Å². The van der Waals surface area contributed by atoms with Crippen LogP contribution in [0.4, 0.5) is 4.39 Å². The number of hydrogen-bond donors (Lipinski definition) is 0. The van der Waals surface area contributed by atoms with Gasteiger partial charge in [-0.2, -0.15) is 5.10 Å². The standard InChI is InChI=1S/C27H30FN3O3/c1-2-25-24(18-30(26(32)19-10-11-19)17-23-9-6-16-33-23)27(34-22-14-12-20(28)13-15-22)31(29-25)21-7-4-3-5-8-21/h3-5,7-8,12-15,19,23H,2,6,9-11,16-18H2,1H3/t23-/m0/s1. The molecule has 0 spiro atoms. The van der Waals surface area contributed by atoms with Gasteiger partial charge in [0.1, 0.15) is 11.6 Å². The summed E-state index contributed by atoms with van der Waals surface area (Å²) in [6.45, 7) is 3.78. The number of aromatic nitrogens is 2. The average Bonchev–Trinajstić information content (AvgIpc) is 3.49. The highest BCUT2D eigenvalue weighted by molar-refractivity contribution is 5.81. The molecule has 1 saturated heterocycles. The fourth-order valence-corrected chi connectivity index (χ4v) is 4.43. The molecule has 1 atom stereocenters. The molecule has 5 rings (SSSR count). The van der Waals surface area contributed by atoms with Crippen LogP contribution in [0.3, 0.4) is 0 Å². The van der Waals surface area contributed by atoms with Gasteiger partial charge < -0.3 is 14.4 Å². The van der Waals surface area contributed by atoms with E-state index in [-0.39, 0.29) is 23.7 Å². The summed E-state index contributed by atoms with van der Waals surface area (Å²) < 4.78 is 27.5. The third-order valence-electron chi connectivity index (χ3n) is 6.42. The summed E-state index contributed by atoms with van der Waals surface area (Å²) in [5, 5.41) is 4.87. The number of amides is 1. The molecular weight excluding hydrogens is 433 g/mol. The Kier molecular flexibility index (Phi) is 6.63. The summed E-state index contributed by atoms with van der Waals surface area (Å²) in [5.74, 6) is 1.03. The van der Waals surface area contributed by atoms with Crippen LogP contribution in [0.25, 0.3) is 5.69 Å². The van der Waals surface area contributed by atoms with E-state index in [2.05, 4.69) is 6.92 Å². The van der Waals surface area contributed by atoms with E-state index in [9.17, 15) is 9.18 Å². The maximum Gasteiger partial charge on any atom is 0.227 e. The van der Waals surface area contributed by atoms with Crippen LogP contribution in [-0.4, -0.2) is 39.8 Å². The first-order valence-corrected chi connectivity index (χ1v) is 12.1. The van der Waals surface area contributed by atoms with Gasteiger partial charge in [-0.15, -0.1) is 0 Å². The van der Waals surface area contributed by atoms with Crippen LogP contribution >= 0.6 is 0 Å². The molecule has 3 aromatic rings. The summed E-state index contributed by atoms with van der Waals surface area (Å²) in [7, 11) is 0. The zero-order valence-electron chi connectivity index (χ0n) is 19.5. The summed E-state index contributed by atoms with van der Waals surface area (Å²) in [4.78, 5) is 15.2. The zero-order valence-corrected chi connectivity index (χ0v) is 19.5. The van der Waals surface area contributed by atoms with Gasteiger partial charge in [0.05, 0.1) is 29.6 Å². The predicted molar refractivity (Wildman–Crippen MR) is 127 cm³/mol. The molecule has 0 unspecified atom stereocenters. The molecule has 2 aromatic carbocycles. The number of para-hydroxylation sites is 1. The molecule has 0 bridgehead atoms. The monoisotopic (exact) mass is 463 g/mol. The van der Waals surface area contributed by atoms with Crippen LogP contribution in [0.15, 0.2) is 54.6 Å². The van der Waals surface area contributed by atoms with E-state index < -0.39 is 0 Å². The van der Waals surface area contributed by atoms with Crippen molar-refractivity contribution in [3.05, 3.63) is 71.7 Å². The minimum absolute atomic E-state index is 0.0680. The Labute approximate surface area is 199 Å². The number of rotatable bonds is 9. The van der Waals surface area contributed by atoms with Crippen molar-refractivity contribution in [2.75, 3.05) is 13.2 Å². The molecule has 34 heavy (non-hydrogen) atoms. The molecule has 6 nitrogen and oxygen atoms in total. The summed E-state index contributed by atoms with van der Waals surface area (Å²) >= 11 is 0. The van der Waals surface area contributed by atoms with Crippen LogP contribution in [0.1, 0.15) is 43.9 Å².